The van der Waals surface area contributed by atoms with E-state index < -0.39 is 0 Å². The van der Waals surface area contributed by atoms with Crippen LogP contribution in [-0.2, 0) is 11.3 Å². The highest BCUT2D eigenvalue weighted by molar-refractivity contribution is 9.10. The number of benzene rings is 1. The van der Waals surface area contributed by atoms with Crippen LogP contribution < -0.4 is 10.9 Å². The predicted octanol–water partition coefficient (Wildman–Crippen LogP) is 3.94. The molecule has 0 bridgehead atoms. The molecular weight excluding hydrogens is 388 g/mol. The van der Waals surface area contributed by atoms with Gasteiger partial charge in [-0.15, -0.1) is 11.8 Å². The molecule has 0 fully saturated rings. The molecule has 0 aliphatic rings. The predicted molar refractivity (Wildman–Crippen MR) is 102 cm³/mol. The first kappa shape index (κ1) is 18.8. The Bertz CT molecular complexity index is 757. The summed E-state index contributed by atoms with van der Waals surface area (Å²) < 4.78 is 1.06. The number of nitrogens with one attached hydrogen (secondary N) is 2. The van der Waals surface area contributed by atoms with Crippen molar-refractivity contribution in [3.63, 3.8) is 0 Å². The second-order valence-corrected chi connectivity index (χ2v) is 7.71. The van der Waals surface area contributed by atoms with Crippen molar-refractivity contribution in [1.82, 2.24) is 10.3 Å². The Hall–Kier alpha value is -1.53. The van der Waals surface area contributed by atoms with Crippen molar-refractivity contribution in [2.75, 3.05) is 5.75 Å². The van der Waals surface area contributed by atoms with E-state index in [1.165, 1.54) is 4.90 Å². The summed E-state index contributed by atoms with van der Waals surface area (Å²) in [4.78, 5) is 27.8. The molecule has 0 aliphatic heterocycles. The Morgan fingerprint density at radius 1 is 1.25 bits per heavy atom. The van der Waals surface area contributed by atoms with Crippen molar-refractivity contribution in [2.45, 2.75) is 38.1 Å². The fraction of sp³-hybridized carbons (Fsp3) is 0.333. The van der Waals surface area contributed by atoms with Crippen molar-refractivity contribution < 1.29 is 4.79 Å². The number of pyridine rings is 1. The number of aryl methyl sites for hydroxylation is 2. The maximum Gasteiger partial charge on any atom is 0.253 e. The van der Waals surface area contributed by atoms with Crippen molar-refractivity contribution in [3.05, 3.63) is 62.0 Å². The van der Waals surface area contributed by atoms with Gasteiger partial charge in [-0.3, -0.25) is 9.59 Å². The Labute approximate surface area is 154 Å². The van der Waals surface area contributed by atoms with Gasteiger partial charge in [-0.05, 0) is 61.9 Å². The zero-order valence-electron chi connectivity index (χ0n) is 13.8. The minimum absolute atomic E-state index is 0.0224. The van der Waals surface area contributed by atoms with Crippen molar-refractivity contribution in [2.24, 2.45) is 0 Å². The molecule has 1 aromatic carbocycles. The van der Waals surface area contributed by atoms with Crippen LogP contribution >= 0.6 is 27.7 Å². The number of carbonyl (C=O) groups is 1. The first-order chi connectivity index (χ1) is 11.5. The molecule has 128 valence electrons. The van der Waals surface area contributed by atoms with Crippen LogP contribution in [0.2, 0.25) is 0 Å². The van der Waals surface area contributed by atoms with Crippen molar-refractivity contribution in [3.8, 4) is 0 Å². The lowest BCUT2D eigenvalue weighted by molar-refractivity contribution is -0.121. The number of hydrogen-bond acceptors (Lipinski definition) is 3. The molecule has 0 saturated carbocycles. The van der Waals surface area contributed by atoms with E-state index in [0.29, 0.717) is 12.0 Å². The van der Waals surface area contributed by atoms with E-state index in [9.17, 15) is 9.59 Å². The minimum atomic E-state index is -0.126. The van der Waals surface area contributed by atoms with Gasteiger partial charge in [0, 0.05) is 33.6 Å². The highest BCUT2D eigenvalue weighted by Crippen LogP contribution is 2.21. The molecular formula is C18H21BrN2O2S. The van der Waals surface area contributed by atoms with Gasteiger partial charge in [0.05, 0.1) is 0 Å². The summed E-state index contributed by atoms with van der Waals surface area (Å²) in [5.74, 6) is 0.866. The average molecular weight is 409 g/mol. The summed E-state index contributed by atoms with van der Waals surface area (Å²) >= 11 is 5.15. The quantitative estimate of drug-likeness (QED) is 0.538. The molecule has 0 atom stereocenters. The highest BCUT2D eigenvalue weighted by Gasteiger charge is 2.07. The summed E-state index contributed by atoms with van der Waals surface area (Å²) in [6.07, 6.45) is 1.27. The molecule has 0 aliphatic carbocycles. The van der Waals surface area contributed by atoms with Gasteiger partial charge in [0.15, 0.2) is 0 Å². The van der Waals surface area contributed by atoms with Gasteiger partial charge in [-0.25, -0.2) is 0 Å². The molecule has 2 aromatic rings. The number of H-pyrrole nitrogens is 1. The first-order valence-corrected chi connectivity index (χ1v) is 9.58. The lowest BCUT2D eigenvalue weighted by Gasteiger charge is -2.08. The summed E-state index contributed by atoms with van der Waals surface area (Å²) in [7, 11) is 0. The Balaban J connectivity index is 1.72. The van der Waals surface area contributed by atoms with E-state index in [1.54, 1.807) is 11.8 Å². The third kappa shape index (κ3) is 5.83. The zero-order chi connectivity index (χ0) is 17.5. The highest BCUT2D eigenvalue weighted by atomic mass is 79.9. The maximum atomic E-state index is 11.9. The molecule has 0 unspecified atom stereocenters. The van der Waals surface area contributed by atoms with Gasteiger partial charge in [0.25, 0.3) is 5.56 Å². The number of aromatic amines is 1. The number of thioether (sulfide) groups is 1. The summed E-state index contributed by atoms with van der Waals surface area (Å²) in [6.45, 7) is 4.01. The largest absolute Gasteiger partial charge is 0.352 e. The van der Waals surface area contributed by atoms with E-state index in [2.05, 4.69) is 38.4 Å². The maximum absolute atomic E-state index is 11.9. The number of halogens is 1. The lowest BCUT2D eigenvalue weighted by Crippen LogP contribution is -2.27. The Morgan fingerprint density at radius 2 is 1.96 bits per heavy atom. The molecule has 1 aromatic heterocycles. The summed E-state index contributed by atoms with van der Waals surface area (Å²) in [5, 5.41) is 2.83. The Morgan fingerprint density at radius 3 is 2.62 bits per heavy atom. The van der Waals surface area contributed by atoms with Gasteiger partial charge in [-0.1, -0.05) is 15.9 Å². The minimum Gasteiger partial charge on any atom is -0.352 e. The zero-order valence-corrected chi connectivity index (χ0v) is 16.2. The normalized spacial score (nSPS) is 10.6. The topological polar surface area (TPSA) is 62.0 Å². The molecule has 0 spiro atoms. The number of hydrogen-bond donors (Lipinski definition) is 2. The smallest absolute Gasteiger partial charge is 0.253 e. The standard InChI is InChI=1S/C18H21BrN2O2S/c1-12-10-13(2)21-18(23)16(12)11-20-17(22)4-3-9-24-15-7-5-14(19)6-8-15/h5-8,10H,3-4,9,11H2,1-2H3,(H,20,22)(H,21,23). The van der Waals surface area contributed by atoms with Gasteiger partial charge in [0.2, 0.25) is 5.91 Å². The third-order valence-electron chi connectivity index (χ3n) is 3.59. The van der Waals surface area contributed by atoms with E-state index in [-0.39, 0.29) is 18.0 Å². The van der Waals surface area contributed by atoms with Gasteiger partial charge >= 0.3 is 0 Å². The summed E-state index contributed by atoms with van der Waals surface area (Å²) in [5.41, 5.74) is 2.23. The molecule has 1 amide bonds. The molecule has 2 rings (SSSR count). The molecule has 24 heavy (non-hydrogen) atoms. The molecule has 0 saturated heterocycles. The van der Waals surface area contributed by atoms with Crippen LogP contribution in [0.1, 0.15) is 29.7 Å². The van der Waals surface area contributed by atoms with Crippen LogP contribution in [0.4, 0.5) is 0 Å². The van der Waals surface area contributed by atoms with Gasteiger partial charge in [0.1, 0.15) is 0 Å². The molecule has 4 nitrogen and oxygen atoms in total. The number of carbonyl (C=O) groups excluding carboxylic acids is 1. The lowest BCUT2D eigenvalue weighted by atomic mass is 10.1. The molecule has 0 radical (unpaired) electrons. The van der Waals surface area contributed by atoms with E-state index in [1.807, 2.05) is 32.0 Å². The molecule has 2 N–H and O–H groups in total. The number of aromatic nitrogens is 1. The first-order valence-electron chi connectivity index (χ1n) is 7.80. The second kappa shape index (κ2) is 9.08. The third-order valence-corrected chi connectivity index (χ3v) is 5.21. The van der Waals surface area contributed by atoms with E-state index in [0.717, 1.165) is 27.9 Å². The SMILES string of the molecule is Cc1cc(C)c(CNC(=O)CCCSc2ccc(Br)cc2)c(=O)[nH]1. The average Bonchev–Trinajstić information content (AvgIpc) is 2.52. The van der Waals surface area contributed by atoms with E-state index in [4.69, 9.17) is 0 Å². The van der Waals surface area contributed by atoms with Gasteiger partial charge < -0.3 is 10.3 Å². The number of amides is 1. The van der Waals surface area contributed by atoms with Crippen LogP contribution in [0.3, 0.4) is 0 Å². The van der Waals surface area contributed by atoms with Crippen molar-refractivity contribution >= 4 is 33.6 Å². The fourth-order valence-electron chi connectivity index (χ4n) is 2.33. The van der Waals surface area contributed by atoms with Crippen LogP contribution in [0.5, 0.6) is 0 Å². The van der Waals surface area contributed by atoms with Crippen LogP contribution in [-0.4, -0.2) is 16.6 Å². The van der Waals surface area contributed by atoms with Crippen LogP contribution in [0.25, 0.3) is 0 Å². The monoisotopic (exact) mass is 408 g/mol. The Kier molecular flexibility index (Phi) is 7.12. The fourth-order valence-corrected chi connectivity index (χ4v) is 3.45. The number of rotatable bonds is 7. The van der Waals surface area contributed by atoms with Crippen molar-refractivity contribution in [1.29, 1.82) is 0 Å². The van der Waals surface area contributed by atoms with Gasteiger partial charge in [-0.2, -0.15) is 0 Å². The van der Waals surface area contributed by atoms with Crippen LogP contribution in [0.15, 0.2) is 44.5 Å². The second-order valence-electron chi connectivity index (χ2n) is 5.63. The molecule has 1 heterocycles. The summed E-state index contributed by atoms with van der Waals surface area (Å²) in [6, 6.07) is 10.0. The molecule has 6 heteroatoms. The van der Waals surface area contributed by atoms with E-state index >= 15 is 0 Å². The van der Waals surface area contributed by atoms with Crippen LogP contribution in [0, 0.1) is 13.8 Å².